The molecule has 2 aromatic rings. The van der Waals surface area contributed by atoms with Crippen LogP contribution < -0.4 is 14.8 Å². The fraction of sp³-hybridized carbons (Fsp3) is 0.476. The molecule has 144 valence electrons. The van der Waals surface area contributed by atoms with E-state index < -0.39 is 6.10 Å². The van der Waals surface area contributed by atoms with E-state index in [1.54, 1.807) is 6.26 Å². The summed E-state index contributed by atoms with van der Waals surface area (Å²) in [6.07, 6.45) is 4.29. The van der Waals surface area contributed by atoms with Gasteiger partial charge in [-0.25, -0.2) is 0 Å². The molecule has 3 atom stereocenters. The minimum absolute atomic E-state index is 0.0383. The van der Waals surface area contributed by atoms with Gasteiger partial charge in [-0.3, -0.25) is 9.69 Å². The molecule has 6 heteroatoms. The van der Waals surface area contributed by atoms with E-state index in [-0.39, 0.29) is 18.1 Å². The largest absolute Gasteiger partial charge is 0.482 e. The van der Waals surface area contributed by atoms with Gasteiger partial charge in [0.15, 0.2) is 11.5 Å². The molecule has 3 unspecified atom stereocenters. The standard InChI is InChI=1S/C21H26N2O4/c1-15-20(27-19-9-4-3-8-18(19)26-15)21(24)22-14-16(17-10-7-13-25-17)23-11-5-2-6-12-23/h3-4,7-10,13,15-16,20H,2,5-6,11-12,14H2,1H3,(H,22,24). The van der Waals surface area contributed by atoms with Gasteiger partial charge in [-0.05, 0) is 57.1 Å². The van der Waals surface area contributed by atoms with Crippen molar-refractivity contribution in [3.8, 4) is 11.5 Å². The lowest BCUT2D eigenvalue weighted by Gasteiger charge is -2.34. The number of hydrogen-bond acceptors (Lipinski definition) is 5. The van der Waals surface area contributed by atoms with Gasteiger partial charge in [0.25, 0.3) is 5.91 Å². The van der Waals surface area contributed by atoms with E-state index in [1.165, 1.54) is 19.3 Å². The van der Waals surface area contributed by atoms with Gasteiger partial charge in [0, 0.05) is 6.54 Å². The normalized spacial score (nSPS) is 23.6. The fourth-order valence-electron chi connectivity index (χ4n) is 3.82. The monoisotopic (exact) mass is 370 g/mol. The summed E-state index contributed by atoms with van der Waals surface area (Å²) in [6, 6.07) is 11.3. The lowest BCUT2D eigenvalue weighted by molar-refractivity contribution is -0.133. The number of amides is 1. The number of carbonyl (C=O) groups is 1. The van der Waals surface area contributed by atoms with E-state index in [0.29, 0.717) is 18.0 Å². The molecule has 2 aliphatic rings. The van der Waals surface area contributed by atoms with Gasteiger partial charge in [0.05, 0.1) is 12.3 Å². The summed E-state index contributed by atoms with van der Waals surface area (Å²) in [7, 11) is 0. The van der Waals surface area contributed by atoms with Crippen molar-refractivity contribution in [2.24, 2.45) is 0 Å². The van der Waals surface area contributed by atoms with Crippen LogP contribution >= 0.6 is 0 Å². The van der Waals surface area contributed by atoms with Gasteiger partial charge in [0.2, 0.25) is 6.10 Å². The molecule has 0 spiro atoms. The van der Waals surface area contributed by atoms with Crippen LogP contribution in [0.2, 0.25) is 0 Å². The highest BCUT2D eigenvalue weighted by Gasteiger charge is 2.35. The lowest BCUT2D eigenvalue weighted by atomic mass is 10.1. The summed E-state index contributed by atoms with van der Waals surface area (Å²) in [4.78, 5) is 15.2. The molecule has 1 saturated heterocycles. The lowest BCUT2D eigenvalue weighted by Crippen LogP contribution is -2.51. The molecule has 6 nitrogen and oxygen atoms in total. The molecule has 1 fully saturated rings. The predicted octanol–water partition coefficient (Wildman–Crippen LogP) is 3.15. The third kappa shape index (κ3) is 3.95. The first-order chi connectivity index (χ1) is 13.2. The van der Waals surface area contributed by atoms with E-state index in [2.05, 4.69) is 10.2 Å². The number of likely N-dealkylation sites (tertiary alicyclic amines) is 1. The summed E-state index contributed by atoms with van der Waals surface area (Å²) in [5.41, 5.74) is 0. The Labute approximate surface area is 159 Å². The Bertz CT molecular complexity index is 755. The van der Waals surface area contributed by atoms with Gasteiger partial charge in [-0.1, -0.05) is 18.6 Å². The van der Waals surface area contributed by atoms with Crippen molar-refractivity contribution in [2.75, 3.05) is 19.6 Å². The van der Waals surface area contributed by atoms with Crippen LogP contribution in [0.15, 0.2) is 47.1 Å². The molecule has 1 amide bonds. The number of ether oxygens (including phenoxy) is 2. The Morgan fingerprint density at radius 3 is 2.56 bits per heavy atom. The van der Waals surface area contributed by atoms with Crippen molar-refractivity contribution >= 4 is 5.91 Å². The first-order valence-electron chi connectivity index (χ1n) is 9.70. The number of nitrogens with one attached hydrogen (secondary N) is 1. The SMILES string of the molecule is CC1Oc2ccccc2OC1C(=O)NCC(c1ccco1)N1CCCCC1. The van der Waals surface area contributed by atoms with Crippen molar-refractivity contribution in [3.63, 3.8) is 0 Å². The van der Waals surface area contributed by atoms with Gasteiger partial charge < -0.3 is 19.2 Å². The van der Waals surface area contributed by atoms with Crippen LogP contribution in [-0.2, 0) is 4.79 Å². The number of furan rings is 1. The number of para-hydroxylation sites is 2. The van der Waals surface area contributed by atoms with Crippen LogP contribution in [-0.4, -0.2) is 42.6 Å². The molecular weight excluding hydrogens is 344 g/mol. The smallest absolute Gasteiger partial charge is 0.265 e. The highest BCUT2D eigenvalue weighted by atomic mass is 16.6. The first-order valence-corrected chi connectivity index (χ1v) is 9.70. The van der Waals surface area contributed by atoms with E-state index >= 15 is 0 Å². The quantitative estimate of drug-likeness (QED) is 0.876. The van der Waals surface area contributed by atoms with E-state index in [0.717, 1.165) is 18.8 Å². The van der Waals surface area contributed by atoms with Crippen molar-refractivity contribution in [1.29, 1.82) is 0 Å². The third-order valence-electron chi connectivity index (χ3n) is 5.27. The minimum Gasteiger partial charge on any atom is -0.482 e. The zero-order chi connectivity index (χ0) is 18.6. The second kappa shape index (κ2) is 8.05. The maximum absolute atomic E-state index is 12.8. The summed E-state index contributed by atoms with van der Waals surface area (Å²) in [5.74, 6) is 2.01. The van der Waals surface area contributed by atoms with Crippen LogP contribution in [0.25, 0.3) is 0 Å². The molecule has 1 aromatic heterocycles. The number of carbonyl (C=O) groups excluding carboxylic acids is 1. The maximum Gasteiger partial charge on any atom is 0.265 e. The molecule has 1 aromatic carbocycles. The number of hydrogen-bond donors (Lipinski definition) is 1. The van der Waals surface area contributed by atoms with E-state index in [4.69, 9.17) is 13.9 Å². The molecule has 2 aliphatic heterocycles. The number of nitrogens with zero attached hydrogens (tertiary/aromatic N) is 1. The number of rotatable bonds is 5. The highest BCUT2D eigenvalue weighted by molar-refractivity contribution is 5.82. The first kappa shape index (κ1) is 17.9. The second-order valence-electron chi connectivity index (χ2n) is 7.18. The summed E-state index contributed by atoms with van der Waals surface area (Å²) >= 11 is 0. The molecule has 3 heterocycles. The Kier molecular flexibility index (Phi) is 5.34. The van der Waals surface area contributed by atoms with Gasteiger partial charge >= 0.3 is 0 Å². The second-order valence-corrected chi connectivity index (χ2v) is 7.18. The summed E-state index contributed by atoms with van der Waals surface area (Å²) < 4.78 is 17.4. The molecular formula is C21H26N2O4. The maximum atomic E-state index is 12.8. The van der Waals surface area contributed by atoms with Gasteiger partial charge in [-0.15, -0.1) is 0 Å². The average molecular weight is 370 g/mol. The minimum atomic E-state index is -0.668. The molecule has 0 bridgehead atoms. The molecule has 0 radical (unpaired) electrons. The van der Waals surface area contributed by atoms with Crippen molar-refractivity contribution < 1.29 is 18.7 Å². The molecule has 0 saturated carbocycles. The zero-order valence-electron chi connectivity index (χ0n) is 15.6. The Hall–Kier alpha value is -2.47. The van der Waals surface area contributed by atoms with Crippen molar-refractivity contribution in [3.05, 3.63) is 48.4 Å². The van der Waals surface area contributed by atoms with Crippen LogP contribution in [0.4, 0.5) is 0 Å². The Morgan fingerprint density at radius 2 is 1.85 bits per heavy atom. The topological polar surface area (TPSA) is 63.9 Å². The molecule has 1 N–H and O–H groups in total. The third-order valence-corrected chi connectivity index (χ3v) is 5.27. The van der Waals surface area contributed by atoms with Crippen LogP contribution in [0, 0.1) is 0 Å². The van der Waals surface area contributed by atoms with Crippen LogP contribution in [0.3, 0.4) is 0 Å². The summed E-state index contributed by atoms with van der Waals surface area (Å²) in [5, 5.41) is 3.05. The Balaban J connectivity index is 1.42. The highest BCUT2D eigenvalue weighted by Crippen LogP contribution is 2.33. The number of fused-ring (bicyclic) bond motifs is 1. The van der Waals surface area contributed by atoms with Crippen molar-refractivity contribution in [2.45, 2.75) is 44.4 Å². The molecule has 27 heavy (non-hydrogen) atoms. The van der Waals surface area contributed by atoms with Gasteiger partial charge in [-0.2, -0.15) is 0 Å². The van der Waals surface area contributed by atoms with Crippen LogP contribution in [0.5, 0.6) is 11.5 Å². The van der Waals surface area contributed by atoms with E-state index in [9.17, 15) is 4.79 Å². The fourth-order valence-corrected chi connectivity index (χ4v) is 3.82. The Morgan fingerprint density at radius 1 is 1.11 bits per heavy atom. The number of piperidine rings is 1. The van der Waals surface area contributed by atoms with Gasteiger partial charge in [0.1, 0.15) is 11.9 Å². The van der Waals surface area contributed by atoms with E-state index in [1.807, 2.05) is 43.3 Å². The zero-order valence-corrected chi connectivity index (χ0v) is 15.6. The average Bonchev–Trinajstić information content (AvgIpc) is 3.23. The molecule has 0 aliphatic carbocycles. The summed E-state index contributed by atoms with van der Waals surface area (Å²) in [6.45, 7) is 4.39. The molecule has 4 rings (SSSR count). The predicted molar refractivity (Wildman–Crippen MR) is 101 cm³/mol. The van der Waals surface area contributed by atoms with Crippen LogP contribution in [0.1, 0.15) is 38.0 Å². The number of benzene rings is 1. The van der Waals surface area contributed by atoms with Crippen molar-refractivity contribution in [1.82, 2.24) is 10.2 Å².